The lowest BCUT2D eigenvalue weighted by atomic mass is 10.1. The molecule has 0 aliphatic heterocycles. The Morgan fingerprint density at radius 3 is 2.73 bits per heavy atom. The third-order valence-electron chi connectivity index (χ3n) is 2.14. The van der Waals surface area contributed by atoms with Crippen LogP contribution in [0.5, 0.6) is 0 Å². The van der Waals surface area contributed by atoms with Gasteiger partial charge in [0.2, 0.25) is 0 Å². The van der Waals surface area contributed by atoms with Gasteiger partial charge in [-0.3, -0.25) is 0 Å². The van der Waals surface area contributed by atoms with E-state index in [0.717, 1.165) is 5.56 Å². The van der Waals surface area contributed by atoms with Gasteiger partial charge in [0, 0.05) is 11.1 Å². The zero-order valence-corrected chi connectivity index (χ0v) is 8.68. The fraction of sp³-hybridized carbons (Fsp3) is 0.100. The molecule has 2 N–H and O–H groups in total. The van der Waals surface area contributed by atoms with E-state index in [-0.39, 0.29) is 5.02 Å². The molecule has 0 aliphatic carbocycles. The second kappa shape index (κ2) is 3.55. The topological polar surface area (TPSA) is 52.0 Å². The van der Waals surface area contributed by atoms with Gasteiger partial charge in [-0.25, -0.2) is 4.39 Å². The summed E-state index contributed by atoms with van der Waals surface area (Å²) in [6, 6.07) is 4.31. The molecule has 1 aromatic heterocycles. The summed E-state index contributed by atoms with van der Waals surface area (Å²) in [7, 11) is 0. The molecule has 0 unspecified atom stereocenters. The van der Waals surface area contributed by atoms with E-state index < -0.39 is 5.82 Å². The quantitative estimate of drug-likeness (QED) is 0.813. The lowest BCUT2D eigenvalue weighted by Gasteiger charge is -1.99. The lowest BCUT2D eigenvalue weighted by Crippen LogP contribution is -1.86. The van der Waals surface area contributed by atoms with Crippen molar-refractivity contribution in [3.8, 4) is 11.3 Å². The SMILES string of the molecule is Cc1c(N)noc1-c1ccc(F)c(Cl)c1. The third-order valence-corrected chi connectivity index (χ3v) is 2.43. The molecule has 2 rings (SSSR count). The Morgan fingerprint density at radius 1 is 1.47 bits per heavy atom. The minimum Gasteiger partial charge on any atom is -0.381 e. The lowest BCUT2D eigenvalue weighted by molar-refractivity contribution is 0.435. The van der Waals surface area contributed by atoms with Gasteiger partial charge in [0.15, 0.2) is 11.6 Å². The van der Waals surface area contributed by atoms with Gasteiger partial charge in [0.1, 0.15) is 5.82 Å². The number of aromatic nitrogens is 1. The van der Waals surface area contributed by atoms with Crippen LogP contribution < -0.4 is 5.73 Å². The predicted octanol–water partition coefficient (Wildman–Crippen LogP) is 3.02. The normalized spacial score (nSPS) is 10.6. The highest BCUT2D eigenvalue weighted by molar-refractivity contribution is 6.31. The van der Waals surface area contributed by atoms with E-state index in [0.29, 0.717) is 17.1 Å². The van der Waals surface area contributed by atoms with Gasteiger partial charge >= 0.3 is 0 Å². The van der Waals surface area contributed by atoms with E-state index in [4.69, 9.17) is 21.9 Å². The van der Waals surface area contributed by atoms with Crippen LogP contribution in [-0.4, -0.2) is 5.16 Å². The highest BCUT2D eigenvalue weighted by atomic mass is 35.5. The van der Waals surface area contributed by atoms with E-state index in [1.165, 1.54) is 12.1 Å². The van der Waals surface area contributed by atoms with E-state index in [1.54, 1.807) is 13.0 Å². The highest BCUT2D eigenvalue weighted by Gasteiger charge is 2.12. The van der Waals surface area contributed by atoms with Crippen molar-refractivity contribution in [3.05, 3.63) is 34.6 Å². The van der Waals surface area contributed by atoms with Crippen molar-refractivity contribution in [3.63, 3.8) is 0 Å². The Labute approximate surface area is 90.6 Å². The van der Waals surface area contributed by atoms with Crippen LogP contribution in [0.25, 0.3) is 11.3 Å². The average molecular weight is 227 g/mol. The molecule has 0 bridgehead atoms. The number of nitrogens with two attached hydrogens (primary N) is 1. The van der Waals surface area contributed by atoms with Crippen LogP contribution in [0, 0.1) is 12.7 Å². The van der Waals surface area contributed by atoms with Crippen LogP contribution in [0.15, 0.2) is 22.7 Å². The van der Waals surface area contributed by atoms with Gasteiger partial charge < -0.3 is 10.3 Å². The maximum atomic E-state index is 12.9. The number of nitrogens with zero attached hydrogens (tertiary/aromatic N) is 1. The molecule has 0 saturated heterocycles. The summed E-state index contributed by atoms with van der Waals surface area (Å²) < 4.78 is 17.9. The van der Waals surface area contributed by atoms with Crippen molar-refractivity contribution in [2.24, 2.45) is 0 Å². The molecule has 0 radical (unpaired) electrons. The van der Waals surface area contributed by atoms with Crippen molar-refractivity contribution in [1.82, 2.24) is 5.16 Å². The average Bonchev–Trinajstić information content (AvgIpc) is 2.53. The number of hydrogen-bond donors (Lipinski definition) is 1. The van der Waals surface area contributed by atoms with Crippen LogP contribution in [0.2, 0.25) is 5.02 Å². The number of hydrogen-bond acceptors (Lipinski definition) is 3. The summed E-state index contributed by atoms with van der Waals surface area (Å²) in [6.07, 6.45) is 0. The van der Waals surface area contributed by atoms with Crippen molar-refractivity contribution < 1.29 is 8.91 Å². The maximum Gasteiger partial charge on any atom is 0.172 e. The van der Waals surface area contributed by atoms with Crippen molar-refractivity contribution in [1.29, 1.82) is 0 Å². The van der Waals surface area contributed by atoms with E-state index in [1.807, 2.05) is 0 Å². The monoisotopic (exact) mass is 226 g/mol. The van der Waals surface area contributed by atoms with E-state index in [2.05, 4.69) is 5.16 Å². The predicted molar refractivity (Wildman–Crippen MR) is 56.1 cm³/mol. The molecule has 0 atom stereocenters. The molecule has 1 aromatic carbocycles. The Balaban J connectivity index is 2.55. The molecule has 0 spiro atoms. The van der Waals surface area contributed by atoms with Crippen molar-refractivity contribution >= 4 is 17.4 Å². The first kappa shape index (κ1) is 9.98. The summed E-state index contributed by atoms with van der Waals surface area (Å²) in [5, 5.41) is 3.65. The second-order valence-electron chi connectivity index (χ2n) is 3.15. The number of halogens is 2. The fourth-order valence-electron chi connectivity index (χ4n) is 1.25. The van der Waals surface area contributed by atoms with Gasteiger partial charge in [-0.05, 0) is 25.1 Å². The Kier molecular flexibility index (Phi) is 2.36. The Bertz CT molecular complexity index is 510. The van der Waals surface area contributed by atoms with Gasteiger partial charge in [0.05, 0.1) is 5.02 Å². The molecule has 78 valence electrons. The summed E-state index contributed by atoms with van der Waals surface area (Å²) in [4.78, 5) is 0. The molecule has 0 fully saturated rings. The molecule has 5 heteroatoms. The Morgan fingerprint density at radius 2 is 2.20 bits per heavy atom. The maximum absolute atomic E-state index is 12.9. The summed E-state index contributed by atoms with van der Waals surface area (Å²) in [5.41, 5.74) is 6.91. The van der Waals surface area contributed by atoms with Crippen molar-refractivity contribution in [2.45, 2.75) is 6.92 Å². The molecule has 0 aliphatic rings. The first-order chi connectivity index (χ1) is 7.09. The fourth-order valence-corrected chi connectivity index (χ4v) is 1.44. The van der Waals surface area contributed by atoms with Gasteiger partial charge in [-0.1, -0.05) is 16.8 Å². The summed E-state index contributed by atoms with van der Waals surface area (Å²) in [5.74, 6) is 0.366. The van der Waals surface area contributed by atoms with Crippen LogP contribution >= 0.6 is 11.6 Å². The minimum atomic E-state index is -0.467. The molecular formula is C10H8ClFN2O. The van der Waals surface area contributed by atoms with Crippen LogP contribution in [0.3, 0.4) is 0 Å². The zero-order chi connectivity index (χ0) is 11.0. The zero-order valence-electron chi connectivity index (χ0n) is 7.92. The molecule has 3 nitrogen and oxygen atoms in total. The molecule has 0 amide bonds. The number of benzene rings is 1. The van der Waals surface area contributed by atoms with Crippen LogP contribution in [0.1, 0.15) is 5.56 Å². The molecule has 0 saturated carbocycles. The van der Waals surface area contributed by atoms with Gasteiger partial charge in [-0.15, -0.1) is 0 Å². The first-order valence-corrected chi connectivity index (χ1v) is 4.64. The minimum absolute atomic E-state index is 0.0434. The van der Waals surface area contributed by atoms with Gasteiger partial charge in [0.25, 0.3) is 0 Å². The number of anilines is 1. The highest BCUT2D eigenvalue weighted by Crippen LogP contribution is 2.29. The smallest absolute Gasteiger partial charge is 0.172 e. The first-order valence-electron chi connectivity index (χ1n) is 4.26. The number of nitrogen functional groups attached to an aromatic ring is 1. The van der Waals surface area contributed by atoms with E-state index >= 15 is 0 Å². The van der Waals surface area contributed by atoms with Crippen molar-refractivity contribution in [2.75, 3.05) is 5.73 Å². The molecule has 2 aromatic rings. The molecule has 1 heterocycles. The third kappa shape index (κ3) is 1.68. The van der Waals surface area contributed by atoms with Gasteiger partial charge in [-0.2, -0.15) is 0 Å². The van der Waals surface area contributed by atoms with E-state index in [9.17, 15) is 4.39 Å². The molecular weight excluding hydrogens is 219 g/mol. The van der Waals surface area contributed by atoms with Crippen LogP contribution in [0.4, 0.5) is 10.2 Å². The number of rotatable bonds is 1. The summed E-state index contributed by atoms with van der Waals surface area (Å²) >= 11 is 5.65. The Hall–Kier alpha value is -1.55. The molecule has 15 heavy (non-hydrogen) atoms. The standard InChI is InChI=1S/C10H8ClFN2O/c1-5-9(15-14-10(5)13)6-2-3-8(12)7(11)4-6/h2-4H,1H3,(H2,13,14). The largest absolute Gasteiger partial charge is 0.381 e. The summed E-state index contributed by atoms with van der Waals surface area (Å²) in [6.45, 7) is 1.78. The van der Waals surface area contributed by atoms with Crippen LogP contribution in [-0.2, 0) is 0 Å². The second-order valence-corrected chi connectivity index (χ2v) is 3.56.